The maximum absolute atomic E-state index is 11.7. The molecule has 20 heavy (non-hydrogen) atoms. The van der Waals surface area contributed by atoms with Gasteiger partial charge in [0.05, 0.1) is 25.3 Å². The fourth-order valence-electron chi connectivity index (χ4n) is 2.11. The molecule has 1 aliphatic heterocycles. The van der Waals surface area contributed by atoms with Crippen LogP contribution in [0.3, 0.4) is 0 Å². The zero-order chi connectivity index (χ0) is 14.4. The standard InChI is InChI=1S/C14H20N2O4/c17-12-8-16(9-13(12)18)10-14(19)15-6-7-20-11-4-2-1-3-5-11/h1-5,12-13,17-18H,6-10H2,(H,15,19)/t12-,13+. The van der Waals surface area contributed by atoms with E-state index in [0.29, 0.717) is 26.2 Å². The number of aliphatic hydroxyl groups is 2. The number of carbonyl (C=O) groups excluding carboxylic acids is 1. The Labute approximate surface area is 118 Å². The Bertz CT molecular complexity index is 416. The molecule has 1 saturated heterocycles. The summed E-state index contributed by atoms with van der Waals surface area (Å²) < 4.78 is 5.45. The van der Waals surface area contributed by atoms with Crippen LogP contribution >= 0.6 is 0 Å². The van der Waals surface area contributed by atoms with E-state index in [1.54, 1.807) is 4.90 Å². The molecule has 1 aromatic rings. The Morgan fingerprint density at radius 2 is 1.90 bits per heavy atom. The van der Waals surface area contributed by atoms with Gasteiger partial charge in [-0.3, -0.25) is 9.69 Å². The summed E-state index contributed by atoms with van der Waals surface area (Å²) in [6.45, 7) is 1.66. The third-order valence-corrected chi connectivity index (χ3v) is 3.14. The number of nitrogens with one attached hydrogen (secondary N) is 1. The number of carbonyl (C=O) groups is 1. The van der Waals surface area contributed by atoms with Crippen molar-refractivity contribution < 1.29 is 19.7 Å². The lowest BCUT2D eigenvalue weighted by Gasteiger charge is -2.14. The monoisotopic (exact) mass is 280 g/mol. The van der Waals surface area contributed by atoms with Gasteiger partial charge in [-0.2, -0.15) is 0 Å². The average Bonchev–Trinajstić information content (AvgIpc) is 2.74. The number of hydrogen-bond donors (Lipinski definition) is 3. The second-order valence-electron chi connectivity index (χ2n) is 4.84. The minimum Gasteiger partial charge on any atom is -0.492 e. The summed E-state index contributed by atoms with van der Waals surface area (Å²) in [6, 6.07) is 9.40. The number of para-hydroxylation sites is 1. The predicted octanol–water partition coefficient (Wildman–Crippen LogP) is -0.781. The summed E-state index contributed by atoms with van der Waals surface area (Å²) in [5, 5.41) is 21.5. The summed E-state index contributed by atoms with van der Waals surface area (Å²) in [4.78, 5) is 13.4. The maximum atomic E-state index is 11.7. The Morgan fingerprint density at radius 1 is 1.25 bits per heavy atom. The minimum absolute atomic E-state index is 0.136. The van der Waals surface area contributed by atoms with Crippen LogP contribution in [0, 0.1) is 0 Å². The molecule has 2 atom stereocenters. The van der Waals surface area contributed by atoms with Crippen LogP contribution in [0.5, 0.6) is 5.75 Å². The molecule has 1 aliphatic rings. The summed E-state index contributed by atoms with van der Waals surface area (Å²) in [5.74, 6) is 0.635. The number of rotatable bonds is 6. The molecule has 2 rings (SSSR count). The molecular formula is C14H20N2O4. The summed E-state index contributed by atoms with van der Waals surface area (Å²) >= 11 is 0. The fourth-order valence-corrected chi connectivity index (χ4v) is 2.11. The number of β-amino-alcohol motifs (C(OH)–C–C–N with tert-alkyl or cyclic N) is 2. The smallest absolute Gasteiger partial charge is 0.234 e. The van der Waals surface area contributed by atoms with Gasteiger partial charge in [0.1, 0.15) is 12.4 Å². The Balaban J connectivity index is 1.59. The van der Waals surface area contributed by atoms with Gasteiger partial charge in [0.2, 0.25) is 5.91 Å². The van der Waals surface area contributed by atoms with E-state index in [-0.39, 0.29) is 12.5 Å². The van der Waals surface area contributed by atoms with Crippen molar-refractivity contribution in [3.63, 3.8) is 0 Å². The van der Waals surface area contributed by atoms with Crippen LogP contribution in [0.25, 0.3) is 0 Å². The Hall–Kier alpha value is -1.63. The van der Waals surface area contributed by atoms with E-state index < -0.39 is 12.2 Å². The highest BCUT2D eigenvalue weighted by Crippen LogP contribution is 2.09. The summed E-state index contributed by atoms with van der Waals surface area (Å²) in [7, 11) is 0. The number of hydrogen-bond acceptors (Lipinski definition) is 5. The molecule has 0 spiro atoms. The molecule has 3 N–H and O–H groups in total. The molecule has 1 heterocycles. The van der Waals surface area contributed by atoms with Crippen molar-refractivity contribution in [1.82, 2.24) is 10.2 Å². The first-order chi connectivity index (χ1) is 9.65. The van der Waals surface area contributed by atoms with E-state index >= 15 is 0 Å². The molecular weight excluding hydrogens is 260 g/mol. The molecule has 6 heteroatoms. The first-order valence-electron chi connectivity index (χ1n) is 6.68. The van der Waals surface area contributed by atoms with Crippen LogP contribution in [-0.2, 0) is 4.79 Å². The van der Waals surface area contributed by atoms with E-state index in [1.165, 1.54) is 0 Å². The first-order valence-corrected chi connectivity index (χ1v) is 6.68. The molecule has 0 saturated carbocycles. The largest absolute Gasteiger partial charge is 0.492 e. The van der Waals surface area contributed by atoms with Gasteiger partial charge in [0.25, 0.3) is 0 Å². The molecule has 1 aromatic carbocycles. The van der Waals surface area contributed by atoms with Crippen molar-refractivity contribution in [2.75, 3.05) is 32.8 Å². The molecule has 1 fully saturated rings. The fraction of sp³-hybridized carbons (Fsp3) is 0.500. The molecule has 0 aliphatic carbocycles. The van der Waals surface area contributed by atoms with E-state index in [9.17, 15) is 15.0 Å². The van der Waals surface area contributed by atoms with Crippen LogP contribution in [-0.4, -0.2) is 66.0 Å². The van der Waals surface area contributed by atoms with Gasteiger partial charge in [-0.05, 0) is 12.1 Å². The number of ether oxygens (including phenoxy) is 1. The molecule has 0 bridgehead atoms. The number of nitrogens with zero attached hydrogens (tertiary/aromatic N) is 1. The number of amides is 1. The van der Waals surface area contributed by atoms with Gasteiger partial charge in [-0.25, -0.2) is 0 Å². The summed E-state index contributed by atoms with van der Waals surface area (Å²) in [6.07, 6.45) is -1.52. The number of aliphatic hydroxyl groups excluding tert-OH is 2. The highest BCUT2D eigenvalue weighted by atomic mass is 16.5. The molecule has 0 aromatic heterocycles. The molecule has 0 radical (unpaired) electrons. The van der Waals surface area contributed by atoms with Crippen LogP contribution < -0.4 is 10.1 Å². The molecule has 110 valence electrons. The van der Waals surface area contributed by atoms with Crippen molar-refractivity contribution >= 4 is 5.91 Å². The van der Waals surface area contributed by atoms with E-state index in [0.717, 1.165) is 5.75 Å². The van der Waals surface area contributed by atoms with Crippen molar-refractivity contribution in [3.05, 3.63) is 30.3 Å². The molecule has 0 unspecified atom stereocenters. The Morgan fingerprint density at radius 3 is 2.55 bits per heavy atom. The van der Waals surface area contributed by atoms with Gasteiger partial charge in [0.15, 0.2) is 0 Å². The van der Waals surface area contributed by atoms with Crippen LogP contribution in [0.4, 0.5) is 0 Å². The first kappa shape index (κ1) is 14.8. The zero-order valence-corrected chi connectivity index (χ0v) is 11.2. The van der Waals surface area contributed by atoms with Crippen LogP contribution in [0.15, 0.2) is 30.3 Å². The number of likely N-dealkylation sites (tertiary alicyclic amines) is 1. The highest BCUT2D eigenvalue weighted by Gasteiger charge is 2.30. The molecule has 1 amide bonds. The quantitative estimate of drug-likeness (QED) is 0.596. The van der Waals surface area contributed by atoms with Gasteiger partial charge < -0.3 is 20.3 Å². The van der Waals surface area contributed by atoms with Gasteiger partial charge >= 0.3 is 0 Å². The van der Waals surface area contributed by atoms with Crippen molar-refractivity contribution in [2.45, 2.75) is 12.2 Å². The van der Waals surface area contributed by atoms with Crippen LogP contribution in [0.2, 0.25) is 0 Å². The van der Waals surface area contributed by atoms with Gasteiger partial charge in [-0.1, -0.05) is 18.2 Å². The average molecular weight is 280 g/mol. The SMILES string of the molecule is O=C(CN1C[C@@H](O)[C@@H](O)C1)NCCOc1ccccc1. The van der Waals surface area contributed by atoms with E-state index in [4.69, 9.17) is 4.74 Å². The third-order valence-electron chi connectivity index (χ3n) is 3.14. The highest BCUT2D eigenvalue weighted by molar-refractivity contribution is 5.78. The normalized spacial score (nSPS) is 22.7. The second-order valence-corrected chi connectivity index (χ2v) is 4.84. The second kappa shape index (κ2) is 7.23. The van der Waals surface area contributed by atoms with Crippen molar-refractivity contribution in [2.24, 2.45) is 0 Å². The van der Waals surface area contributed by atoms with Crippen molar-refractivity contribution in [1.29, 1.82) is 0 Å². The lowest BCUT2D eigenvalue weighted by Crippen LogP contribution is -2.38. The van der Waals surface area contributed by atoms with Gasteiger partial charge in [0, 0.05) is 13.1 Å². The number of benzene rings is 1. The zero-order valence-electron chi connectivity index (χ0n) is 11.2. The lowest BCUT2D eigenvalue weighted by molar-refractivity contribution is -0.122. The Kier molecular flexibility index (Phi) is 5.34. The van der Waals surface area contributed by atoms with Crippen molar-refractivity contribution in [3.8, 4) is 5.75 Å². The third kappa shape index (κ3) is 4.48. The maximum Gasteiger partial charge on any atom is 0.234 e. The van der Waals surface area contributed by atoms with E-state index in [1.807, 2.05) is 30.3 Å². The van der Waals surface area contributed by atoms with E-state index in [2.05, 4.69) is 5.32 Å². The van der Waals surface area contributed by atoms with Gasteiger partial charge in [-0.15, -0.1) is 0 Å². The minimum atomic E-state index is -0.760. The summed E-state index contributed by atoms with van der Waals surface area (Å²) in [5.41, 5.74) is 0. The molecule has 6 nitrogen and oxygen atoms in total. The topological polar surface area (TPSA) is 82.0 Å². The predicted molar refractivity (Wildman–Crippen MR) is 73.4 cm³/mol. The lowest BCUT2D eigenvalue weighted by atomic mass is 10.3. The van der Waals surface area contributed by atoms with Crippen LogP contribution in [0.1, 0.15) is 0 Å².